The number of fused-ring (bicyclic) bond motifs is 1. The maximum Gasteiger partial charge on any atom is 0.257 e. The van der Waals surface area contributed by atoms with Crippen molar-refractivity contribution >= 4 is 28.3 Å². The first-order chi connectivity index (χ1) is 14.4. The van der Waals surface area contributed by atoms with Crippen molar-refractivity contribution in [2.24, 2.45) is 0 Å². The van der Waals surface area contributed by atoms with Gasteiger partial charge < -0.3 is 19.7 Å². The molecule has 0 saturated heterocycles. The number of ether oxygens (including phenoxy) is 2. The van der Waals surface area contributed by atoms with Crippen LogP contribution in [0, 0.1) is 6.92 Å². The summed E-state index contributed by atoms with van der Waals surface area (Å²) in [5, 5.41) is 12.0. The molecule has 0 aliphatic heterocycles. The number of methoxy groups -OCH3 is 1. The molecule has 1 amide bonds. The lowest BCUT2D eigenvalue weighted by Gasteiger charge is -2.18. The van der Waals surface area contributed by atoms with Crippen LogP contribution in [0.1, 0.15) is 41.7 Å². The van der Waals surface area contributed by atoms with E-state index in [-0.39, 0.29) is 12.0 Å². The van der Waals surface area contributed by atoms with Crippen LogP contribution in [0.15, 0.2) is 24.3 Å². The Morgan fingerprint density at radius 2 is 1.93 bits per heavy atom. The van der Waals surface area contributed by atoms with Gasteiger partial charge in [0, 0.05) is 31.2 Å². The zero-order chi connectivity index (χ0) is 21.3. The van der Waals surface area contributed by atoms with E-state index in [9.17, 15) is 4.79 Å². The molecule has 30 heavy (non-hydrogen) atoms. The summed E-state index contributed by atoms with van der Waals surface area (Å²) in [6.07, 6.45) is 4.48. The van der Waals surface area contributed by atoms with Crippen LogP contribution in [-0.4, -0.2) is 53.3 Å². The largest absolute Gasteiger partial charge is 0.496 e. The second kappa shape index (κ2) is 8.22. The molecule has 3 aromatic rings. The summed E-state index contributed by atoms with van der Waals surface area (Å²) in [6, 6.07) is 7.49. The molecule has 1 aliphatic rings. The number of hydrogen-bond donors (Lipinski definition) is 2. The van der Waals surface area contributed by atoms with E-state index in [2.05, 4.69) is 15.5 Å². The summed E-state index contributed by atoms with van der Waals surface area (Å²) in [4.78, 5) is 18.9. The summed E-state index contributed by atoms with van der Waals surface area (Å²) in [5.41, 5.74) is 1.44. The van der Waals surface area contributed by atoms with Crippen molar-refractivity contribution in [3.05, 3.63) is 35.5 Å². The van der Waals surface area contributed by atoms with E-state index in [1.54, 1.807) is 21.2 Å². The van der Waals surface area contributed by atoms with Gasteiger partial charge in [0.2, 0.25) is 5.88 Å². The van der Waals surface area contributed by atoms with Crippen molar-refractivity contribution < 1.29 is 14.3 Å². The van der Waals surface area contributed by atoms with Gasteiger partial charge in [-0.1, -0.05) is 0 Å². The molecule has 8 nitrogen and oxygen atoms in total. The van der Waals surface area contributed by atoms with Crippen molar-refractivity contribution in [3.63, 3.8) is 0 Å². The number of anilines is 2. The zero-order valence-corrected chi connectivity index (χ0v) is 17.8. The number of carbonyl (C=O) groups is 1. The molecule has 1 aromatic carbocycles. The summed E-state index contributed by atoms with van der Waals surface area (Å²) >= 11 is 0. The maximum absolute atomic E-state index is 12.7. The predicted octanol–water partition coefficient (Wildman–Crippen LogP) is 4.04. The molecule has 0 unspecified atom stereocenters. The fraction of sp³-hybridized carbons (Fsp3) is 0.409. The van der Waals surface area contributed by atoms with E-state index >= 15 is 0 Å². The monoisotopic (exact) mass is 409 g/mol. The number of nitrogens with one attached hydrogen (secondary N) is 2. The van der Waals surface area contributed by atoms with E-state index in [0.29, 0.717) is 28.8 Å². The Bertz CT molecular complexity index is 1070. The van der Waals surface area contributed by atoms with E-state index in [0.717, 1.165) is 42.1 Å². The Labute approximate surface area is 175 Å². The normalized spacial score (nSPS) is 14.1. The Morgan fingerprint density at radius 3 is 2.57 bits per heavy atom. The zero-order valence-electron chi connectivity index (χ0n) is 17.8. The quantitative estimate of drug-likeness (QED) is 0.638. The summed E-state index contributed by atoms with van der Waals surface area (Å²) in [6.45, 7) is 1.94. The third-order valence-corrected chi connectivity index (χ3v) is 5.30. The second-order valence-electron chi connectivity index (χ2n) is 7.87. The Morgan fingerprint density at radius 1 is 1.17 bits per heavy atom. The Hall–Kier alpha value is -3.29. The highest BCUT2D eigenvalue weighted by Gasteiger charge is 2.22. The van der Waals surface area contributed by atoms with Gasteiger partial charge in [-0.3, -0.25) is 9.89 Å². The van der Waals surface area contributed by atoms with Crippen molar-refractivity contribution in [1.82, 2.24) is 20.1 Å². The number of aromatic amines is 1. The van der Waals surface area contributed by atoms with Crippen LogP contribution in [0.5, 0.6) is 11.6 Å². The van der Waals surface area contributed by atoms with Crippen molar-refractivity contribution in [1.29, 1.82) is 0 Å². The lowest BCUT2D eigenvalue weighted by Crippen LogP contribution is -2.22. The SMILES string of the molecule is COc1cc2cc(Nc3cc(C)[nH]n3)nc(OC3CCCC3)c2cc1C(=O)N(C)C. The number of carbonyl (C=O) groups excluding carboxylic acids is 1. The van der Waals surface area contributed by atoms with E-state index in [4.69, 9.17) is 14.5 Å². The fourth-order valence-electron chi connectivity index (χ4n) is 3.76. The number of nitrogens with zero attached hydrogens (tertiary/aromatic N) is 3. The standard InChI is InChI=1S/C22H27N5O3/c1-13-9-20(26-25-13)23-19-11-14-10-18(29-4)17(22(28)27(2)3)12-16(14)21(24-19)30-15-7-5-6-8-15/h9-12,15H,5-8H2,1-4H3,(H2,23,24,25,26). The first kappa shape index (κ1) is 20.0. The molecule has 2 N–H and O–H groups in total. The molecule has 8 heteroatoms. The number of aryl methyl sites for hydroxylation is 1. The molecule has 1 fully saturated rings. The number of benzene rings is 1. The lowest BCUT2D eigenvalue weighted by molar-refractivity contribution is 0.0824. The van der Waals surface area contributed by atoms with Crippen LogP contribution in [-0.2, 0) is 0 Å². The van der Waals surface area contributed by atoms with Gasteiger partial charge in [0.25, 0.3) is 5.91 Å². The van der Waals surface area contributed by atoms with Crippen LogP contribution in [0.25, 0.3) is 10.8 Å². The molecule has 1 saturated carbocycles. The highest BCUT2D eigenvalue weighted by Crippen LogP contribution is 2.35. The fourth-order valence-corrected chi connectivity index (χ4v) is 3.76. The van der Waals surface area contributed by atoms with Crippen molar-refractivity contribution in [2.45, 2.75) is 38.7 Å². The number of pyridine rings is 1. The van der Waals surface area contributed by atoms with Gasteiger partial charge in [0.15, 0.2) is 5.82 Å². The minimum absolute atomic E-state index is 0.130. The lowest BCUT2D eigenvalue weighted by atomic mass is 10.1. The molecule has 0 bridgehead atoms. The summed E-state index contributed by atoms with van der Waals surface area (Å²) < 4.78 is 11.8. The third-order valence-electron chi connectivity index (χ3n) is 5.30. The summed E-state index contributed by atoms with van der Waals surface area (Å²) in [5.74, 6) is 2.20. The van der Waals surface area contributed by atoms with Gasteiger partial charge in [0.1, 0.15) is 17.7 Å². The van der Waals surface area contributed by atoms with Crippen LogP contribution in [0.2, 0.25) is 0 Å². The van der Waals surface area contributed by atoms with Gasteiger partial charge >= 0.3 is 0 Å². The molecule has 2 heterocycles. The van der Waals surface area contributed by atoms with Gasteiger partial charge in [-0.2, -0.15) is 10.1 Å². The number of aromatic nitrogens is 3. The Kier molecular flexibility index (Phi) is 5.48. The number of rotatable bonds is 6. The average molecular weight is 409 g/mol. The molecular weight excluding hydrogens is 382 g/mol. The Balaban J connectivity index is 1.82. The van der Waals surface area contributed by atoms with Crippen LogP contribution < -0.4 is 14.8 Å². The number of amides is 1. The predicted molar refractivity (Wildman–Crippen MR) is 116 cm³/mol. The van der Waals surface area contributed by atoms with E-state index < -0.39 is 0 Å². The molecule has 1 aliphatic carbocycles. The van der Waals surface area contributed by atoms with Gasteiger partial charge in [0.05, 0.1) is 12.7 Å². The molecule has 0 spiro atoms. The van der Waals surface area contributed by atoms with Crippen LogP contribution in [0.4, 0.5) is 11.6 Å². The molecule has 4 rings (SSSR count). The molecule has 158 valence electrons. The van der Waals surface area contributed by atoms with Gasteiger partial charge in [-0.05, 0) is 56.2 Å². The van der Waals surface area contributed by atoms with E-state index in [1.807, 2.05) is 31.2 Å². The molecule has 0 radical (unpaired) electrons. The number of hydrogen-bond acceptors (Lipinski definition) is 6. The van der Waals surface area contributed by atoms with Crippen LogP contribution >= 0.6 is 0 Å². The van der Waals surface area contributed by atoms with Crippen LogP contribution in [0.3, 0.4) is 0 Å². The molecule has 0 atom stereocenters. The van der Waals surface area contributed by atoms with Crippen molar-refractivity contribution in [3.8, 4) is 11.6 Å². The second-order valence-corrected chi connectivity index (χ2v) is 7.87. The van der Waals surface area contributed by atoms with Gasteiger partial charge in [-0.25, -0.2) is 0 Å². The first-order valence-electron chi connectivity index (χ1n) is 10.1. The molecule has 2 aromatic heterocycles. The highest BCUT2D eigenvalue weighted by atomic mass is 16.5. The minimum atomic E-state index is -0.130. The molecular formula is C22H27N5O3. The topological polar surface area (TPSA) is 92.4 Å². The number of H-pyrrole nitrogens is 1. The van der Waals surface area contributed by atoms with Gasteiger partial charge in [-0.15, -0.1) is 0 Å². The third kappa shape index (κ3) is 4.03. The summed E-state index contributed by atoms with van der Waals surface area (Å²) in [7, 11) is 5.01. The highest BCUT2D eigenvalue weighted by molar-refractivity contribution is 6.03. The average Bonchev–Trinajstić information content (AvgIpc) is 3.38. The minimum Gasteiger partial charge on any atom is -0.496 e. The van der Waals surface area contributed by atoms with E-state index in [1.165, 1.54) is 4.90 Å². The van der Waals surface area contributed by atoms with Crippen molar-refractivity contribution in [2.75, 3.05) is 26.5 Å². The first-order valence-corrected chi connectivity index (χ1v) is 10.1. The maximum atomic E-state index is 12.7. The smallest absolute Gasteiger partial charge is 0.257 e.